The van der Waals surface area contributed by atoms with E-state index in [4.69, 9.17) is 11.1 Å². The van der Waals surface area contributed by atoms with Gasteiger partial charge in [-0.1, -0.05) is 0 Å². The number of nitrogens with one attached hydrogen (secondary N) is 2. The molecule has 38 heavy (non-hydrogen) atoms. The van der Waals surface area contributed by atoms with Crippen LogP contribution in [0.2, 0.25) is 0 Å². The second kappa shape index (κ2) is 29.4. The molecule has 0 aliphatic carbocycles. The van der Waals surface area contributed by atoms with Crippen molar-refractivity contribution >= 4 is 0 Å². The molecule has 0 aliphatic rings. The summed E-state index contributed by atoms with van der Waals surface area (Å²) in [5, 5.41) is 106. The lowest BCUT2D eigenvalue weighted by atomic mass is 12.3. The maximum Gasteiger partial charge on any atom is 0 e. The molecular formula is H2N38. The van der Waals surface area contributed by atoms with Crippen molar-refractivity contribution in [3.05, 3.63) is 0 Å². The zero-order chi connectivity index (χ0) is 27.5. The Morgan fingerprint density at radius 3 is 0.289 bits per heavy atom. The zero-order valence-corrected chi connectivity index (χ0v) is 17.1. The van der Waals surface area contributed by atoms with Crippen molar-refractivity contribution in [3.8, 4) is 0 Å². The summed E-state index contributed by atoms with van der Waals surface area (Å²) in [6.07, 6.45) is 0. The Kier molecular flexibility index (Phi) is 23.5. The molecule has 0 spiro atoms. The van der Waals surface area contributed by atoms with E-state index in [1.54, 1.807) is 0 Å². The molecule has 0 unspecified atom stereocenters. The van der Waals surface area contributed by atoms with E-state index in [0.29, 0.717) is 0 Å². The molecule has 2 N–H and O–H groups in total. The molecule has 0 aromatic heterocycles. The monoisotopic (exact) mass is 534 g/mol. The predicted octanol–water partition coefficient (Wildman–Crippen LogP) is 7.21. The van der Waals surface area contributed by atoms with Gasteiger partial charge in [-0.3, -0.25) is 0 Å². The van der Waals surface area contributed by atoms with Gasteiger partial charge < -0.3 is 0 Å². The van der Waals surface area contributed by atoms with Gasteiger partial charge >= 0.3 is 0 Å². The first kappa shape index (κ1) is 30.4. The molecule has 0 bridgehead atoms. The standard InChI is InChI=1S/H2N38/c1-3-5-7-9-11-13-15-17-19-21-23-25-27-29-31-33-35-37-38-36-34-32-30-28-26-24-22-20-18-16-14-12-10-8-6-4-2/h1-2H/b3-1?,4-2?,7-5+,8-6+,11-9+,12-10+,15-13+,16-14+,19-17+,20-18+,23-21+,24-22+,27-25+,28-26+,31-29+,32-30+,35-33+,36-34+,38-37+. The van der Waals surface area contributed by atoms with Crippen LogP contribution >= 0.6 is 0 Å². The molecule has 0 saturated heterocycles. The smallest absolute Gasteiger partial charge is 0 e. The Balaban J connectivity index is 4.01. The molecule has 0 aromatic rings. The molecule has 0 radical (unpaired) electrons. The lowest BCUT2D eigenvalue weighted by molar-refractivity contribution is 0.726. The van der Waals surface area contributed by atoms with E-state index >= 15 is 0 Å². The molecule has 192 valence electrons. The van der Waals surface area contributed by atoms with Crippen LogP contribution in [-0.2, 0) is 0 Å². The van der Waals surface area contributed by atoms with Gasteiger partial charge in [0.05, 0.1) is 0 Å². The molecule has 0 amide bonds. The summed E-state index contributed by atoms with van der Waals surface area (Å²) in [5.74, 6) is 0. The number of rotatable bonds is 18. The molecule has 0 saturated carbocycles. The van der Waals surface area contributed by atoms with E-state index in [1.165, 1.54) is 0 Å². The minimum Gasteiger partial charge on any atom is -0.183 e. The van der Waals surface area contributed by atoms with Gasteiger partial charge in [0.25, 0.3) is 0 Å². The van der Waals surface area contributed by atoms with Gasteiger partial charge in [-0.25, -0.2) is 0 Å². The van der Waals surface area contributed by atoms with Crippen LogP contribution in [0.1, 0.15) is 0 Å². The lowest BCUT2D eigenvalue weighted by Crippen LogP contribution is -1.52. The van der Waals surface area contributed by atoms with Crippen LogP contribution in [-0.4, -0.2) is 0 Å². The predicted molar refractivity (Wildman–Crippen MR) is 92.8 cm³/mol. The van der Waals surface area contributed by atoms with Crippen LogP contribution in [0.25, 0.3) is 0 Å². The van der Waals surface area contributed by atoms with Crippen molar-refractivity contribution in [3.63, 3.8) is 0 Å². The number of hydrogen-bond donors (Lipinski definition) is 2. The Morgan fingerprint density at radius 1 is 0.132 bits per heavy atom. The maximum atomic E-state index is 6.24. The second-order valence-electron chi connectivity index (χ2n) is 3.24. The summed E-state index contributed by atoms with van der Waals surface area (Å²) in [6, 6.07) is 0. The van der Waals surface area contributed by atoms with Crippen molar-refractivity contribution in [1.29, 1.82) is 11.1 Å². The summed E-state index contributed by atoms with van der Waals surface area (Å²) in [5.41, 5.74) is 12.5. The average Bonchev–Trinajstić information content (AvgIpc) is 2.93. The van der Waals surface area contributed by atoms with Crippen LogP contribution in [0.5, 0.6) is 0 Å². The van der Waals surface area contributed by atoms with Gasteiger partial charge in [-0.15, -0.1) is 0 Å². The van der Waals surface area contributed by atoms with Crippen LogP contribution < -0.4 is 0 Å². The zero-order valence-electron chi connectivity index (χ0n) is 17.1. The summed E-state index contributed by atoms with van der Waals surface area (Å²) in [4.78, 5) is 0. The minimum absolute atomic E-state index is 2.50. The van der Waals surface area contributed by atoms with Crippen molar-refractivity contribution in [2.45, 2.75) is 0 Å². The van der Waals surface area contributed by atoms with Gasteiger partial charge in [-0.2, -0.15) is 11.1 Å². The second-order valence-corrected chi connectivity index (χ2v) is 3.24. The normalized spacial score (nSPS) is 14.8. The van der Waals surface area contributed by atoms with Crippen molar-refractivity contribution < 1.29 is 0 Å². The molecule has 38 heteroatoms. The Labute approximate surface area is 200 Å². The van der Waals surface area contributed by atoms with Gasteiger partial charge in [0.15, 0.2) is 0 Å². The molecule has 0 heterocycles. The third-order valence-corrected chi connectivity index (χ3v) is 1.41. The van der Waals surface area contributed by atoms with E-state index in [1.807, 2.05) is 0 Å². The first-order valence-corrected chi connectivity index (χ1v) is 7.45. The van der Waals surface area contributed by atoms with Crippen LogP contribution in [0.3, 0.4) is 0 Å². The van der Waals surface area contributed by atoms with Gasteiger partial charge in [0, 0.05) is 104 Å². The van der Waals surface area contributed by atoms with E-state index < -0.39 is 0 Å². The third-order valence-electron chi connectivity index (χ3n) is 1.41. The molecule has 0 aliphatic heterocycles. The molecule has 38 nitrogen and oxygen atoms in total. The first-order valence-electron chi connectivity index (χ1n) is 7.45. The Bertz CT molecular complexity index is 1020. The quantitative estimate of drug-likeness (QED) is 0.130. The highest BCUT2D eigenvalue weighted by molar-refractivity contribution is 4.16. The number of hydrogen-bond acceptors (Lipinski definition) is 2. The first-order chi connectivity index (χ1) is 18.9. The average molecular weight is 534 g/mol. The lowest BCUT2D eigenvalue weighted by Gasteiger charge is -1.70. The highest BCUT2D eigenvalue weighted by Crippen LogP contribution is 1.92. The largest absolute Gasteiger partial charge is 0.183 e. The highest BCUT2D eigenvalue weighted by atomic mass is 15.7. The fourth-order valence-electron chi connectivity index (χ4n) is 0.612. The highest BCUT2D eigenvalue weighted by Gasteiger charge is 1.73. The third kappa shape index (κ3) is 28.4. The van der Waals surface area contributed by atoms with Gasteiger partial charge in [-0.05, 0) is 83.6 Å². The summed E-state index contributed by atoms with van der Waals surface area (Å²) in [6.45, 7) is 0. The molecule has 0 atom stereocenters. The fraction of sp³-hybridized carbons (Fsp3) is 0. The van der Waals surface area contributed by atoms with Gasteiger partial charge in [0.2, 0.25) is 0 Å². The van der Waals surface area contributed by atoms with Crippen LogP contribution in [0, 0.1) is 11.1 Å². The molecule has 0 aromatic carbocycles. The van der Waals surface area contributed by atoms with Crippen molar-refractivity contribution in [1.82, 2.24) is 0 Å². The Hall–Kier alpha value is -7.60. The van der Waals surface area contributed by atoms with E-state index in [0.717, 1.165) is 0 Å². The van der Waals surface area contributed by atoms with E-state index in [9.17, 15) is 0 Å². The van der Waals surface area contributed by atoms with Gasteiger partial charge in [0.1, 0.15) is 0 Å². The van der Waals surface area contributed by atoms with Crippen LogP contribution in [0.4, 0.5) is 0 Å². The maximum absolute atomic E-state index is 6.24. The van der Waals surface area contributed by atoms with Crippen molar-refractivity contribution in [2.75, 3.05) is 0 Å². The summed E-state index contributed by atoms with van der Waals surface area (Å²) >= 11 is 0. The molecule has 0 fully saturated rings. The van der Waals surface area contributed by atoms with E-state index in [2.05, 4.69) is 188 Å². The fourth-order valence-corrected chi connectivity index (χ4v) is 0.612. The summed E-state index contributed by atoms with van der Waals surface area (Å²) in [7, 11) is 0. The minimum atomic E-state index is 2.50. The Morgan fingerprint density at radius 2 is 0.211 bits per heavy atom. The summed E-state index contributed by atoms with van der Waals surface area (Å²) < 4.78 is 0. The number of nitrogens with zero attached hydrogens (tertiary/aromatic N) is 36. The van der Waals surface area contributed by atoms with E-state index in [-0.39, 0.29) is 0 Å². The topological polar surface area (TPSA) is 493 Å². The SMILES string of the molecule is N=N/N=N/N=N/N=N/N=N/N=N/N=N/N=N/N=N/N=N/N=N/N=N/N=N/N=N/N=N/N=N/N=N/N=N/N=N. The van der Waals surface area contributed by atoms with Crippen molar-refractivity contribution in [2.24, 2.45) is 188 Å². The van der Waals surface area contributed by atoms with Crippen LogP contribution in [0.15, 0.2) is 188 Å². The molecular weight excluding hydrogens is 532 g/mol. The molecule has 0 rings (SSSR count).